The zero-order valence-corrected chi connectivity index (χ0v) is 15.7. The first kappa shape index (κ1) is 19.2. The van der Waals surface area contributed by atoms with Crippen LogP contribution in [-0.2, 0) is 6.42 Å². The fraction of sp³-hybridized carbons (Fsp3) is 0.278. The summed E-state index contributed by atoms with van der Waals surface area (Å²) in [5.41, 5.74) is 17.4. The third kappa shape index (κ3) is 4.11. The van der Waals surface area contributed by atoms with E-state index in [1.165, 1.54) is 11.1 Å². The van der Waals surface area contributed by atoms with Gasteiger partial charge in [-0.15, -0.1) is 17.5 Å². The maximum absolute atomic E-state index is 6.20. The van der Waals surface area contributed by atoms with Crippen LogP contribution in [0.5, 0.6) is 0 Å². The molecule has 0 bridgehead atoms. The molecule has 0 fully saturated rings. The van der Waals surface area contributed by atoms with Crippen molar-refractivity contribution in [3.05, 3.63) is 63.4 Å². The Morgan fingerprint density at radius 2 is 1.92 bits per heavy atom. The molecule has 0 saturated heterocycles. The first-order chi connectivity index (χ1) is 11.5. The molecule has 25 heavy (non-hydrogen) atoms. The van der Waals surface area contributed by atoms with Gasteiger partial charge in [0.15, 0.2) is 0 Å². The Balaban J connectivity index is 0.00000225. The lowest BCUT2D eigenvalue weighted by molar-refractivity contribution is 0.673. The molecular formula is C18H21Cl2N5. The highest BCUT2D eigenvalue weighted by molar-refractivity contribution is 6.30. The lowest BCUT2D eigenvalue weighted by Gasteiger charge is -2.27. The van der Waals surface area contributed by atoms with Crippen LogP contribution in [0.4, 0.5) is 0 Å². The quantitative estimate of drug-likeness (QED) is 0.476. The van der Waals surface area contributed by atoms with Crippen molar-refractivity contribution in [3.63, 3.8) is 0 Å². The lowest BCUT2D eigenvalue weighted by Crippen LogP contribution is -2.24. The van der Waals surface area contributed by atoms with E-state index in [0.717, 1.165) is 40.4 Å². The Kier molecular flexibility index (Phi) is 6.03. The average molecular weight is 378 g/mol. The molecule has 4 N–H and O–H groups in total. The van der Waals surface area contributed by atoms with E-state index in [0.29, 0.717) is 0 Å². The molecule has 2 aromatic rings. The molecule has 3 rings (SSSR count). The Bertz CT molecular complexity index is 841. The smallest absolute Gasteiger partial charge is 0.211 e. The molecule has 1 aromatic heterocycles. The van der Waals surface area contributed by atoms with Gasteiger partial charge in [0.2, 0.25) is 5.96 Å². The van der Waals surface area contributed by atoms with Gasteiger partial charge >= 0.3 is 0 Å². The van der Waals surface area contributed by atoms with Gasteiger partial charge in [-0.25, -0.2) is 0 Å². The number of benzene rings is 1. The third-order valence-corrected chi connectivity index (χ3v) is 4.61. The normalized spacial score (nSPS) is 17.6. The highest BCUT2D eigenvalue weighted by atomic mass is 35.5. The molecule has 0 radical (unpaired) electrons. The van der Waals surface area contributed by atoms with Gasteiger partial charge in [0.25, 0.3) is 0 Å². The van der Waals surface area contributed by atoms with Crippen LogP contribution in [0.25, 0.3) is 0 Å². The number of hydrogen-bond acceptors (Lipinski definition) is 3. The number of nitrogens with zero attached hydrogens (tertiary/aromatic N) is 3. The fourth-order valence-corrected chi connectivity index (χ4v) is 3.46. The molecule has 0 amide bonds. The number of hydrogen-bond donors (Lipinski definition) is 2. The summed E-state index contributed by atoms with van der Waals surface area (Å²) < 4.78 is 0. The van der Waals surface area contributed by atoms with Crippen molar-refractivity contribution in [1.29, 1.82) is 0 Å². The van der Waals surface area contributed by atoms with Gasteiger partial charge in [-0.2, -0.15) is 5.10 Å². The molecule has 5 nitrogen and oxygen atoms in total. The van der Waals surface area contributed by atoms with Gasteiger partial charge in [0, 0.05) is 16.8 Å². The number of fused-ring (bicyclic) bond motifs is 1. The summed E-state index contributed by atoms with van der Waals surface area (Å²) in [6.45, 7) is 4.15. The summed E-state index contributed by atoms with van der Waals surface area (Å²) >= 11 is 6.20. The molecule has 1 atom stereocenters. The largest absolute Gasteiger partial charge is 0.369 e. The van der Waals surface area contributed by atoms with Crippen LogP contribution in [0, 0.1) is 13.8 Å². The number of rotatable bonds is 2. The molecule has 1 aliphatic rings. The lowest BCUT2D eigenvalue weighted by atomic mass is 9.79. The van der Waals surface area contributed by atoms with Crippen LogP contribution in [0.2, 0.25) is 5.02 Å². The van der Waals surface area contributed by atoms with E-state index in [1.807, 2.05) is 30.5 Å². The Morgan fingerprint density at radius 1 is 1.16 bits per heavy atom. The van der Waals surface area contributed by atoms with Gasteiger partial charge in [0.1, 0.15) is 0 Å². The monoisotopic (exact) mass is 377 g/mol. The van der Waals surface area contributed by atoms with Gasteiger partial charge in [0.05, 0.1) is 11.4 Å². The molecule has 132 valence electrons. The number of nitrogens with two attached hydrogens (primary N) is 2. The van der Waals surface area contributed by atoms with Gasteiger partial charge < -0.3 is 11.5 Å². The molecule has 1 unspecified atom stereocenters. The summed E-state index contributed by atoms with van der Waals surface area (Å²) in [4.78, 5) is 4.56. The van der Waals surface area contributed by atoms with Crippen LogP contribution >= 0.6 is 24.0 Å². The third-order valence-electron chi connectivity index (χ3n) is 4.37. The first-order valence-electron chi connectivity index (χ1n) is 7.82. The van der Waals surface area contributed by atoms with Gasteiger partial charge in [-0.3, -0.25) is 4.98 Å². The van der Waals surface area contributed by atoms with Crippen molar-refractivity contribution in [2.75, 3.05) is 0 Å². The minimum Gasteiger partial charge on any atom is -0.369 e. The minimum atomic E-state index is -0.0494. The van der Waals surface area contributed by atoms with Crippen LogP contribution in [0.15, 0.2) is 40.7 Å². The molecule has 0 aliphatic heterocycles. The Morgan fingerprint density at radius 3 is 2.64 bits per heavy atom. The van der Waals surface area contributed by atoms with Crippen LogP contribution in [-0.4, -0.2) is 16.7 Å². The predicted octanol–water partition coefficient (Wildman–Crippen LogP) is 3.48. The van der Waals surface area contributed by atoms with Crippen molar-refractivity contribution < 1.29 is 0 Å². The van der Waals surface area contributed by atoms with E-state index >= 15 is 0 Å². The van der Waals surface area contributed by atoms with E-state index in [9.17, 15) is 0 Å². The summed E-state index contributed by atoms with van der Waals surface area (Å²) in [7, 11) is 0. The summed E-state index contributed by atoms with van der Waals surface area (Å²) in [5.74, 6) is 0.199. The predicted molar refractivity (Wildman–Crippen MR) is 106 cm³/mol. The van der Waals surface area contributed by atoms with E-state index in [4.69, 9.17) is 23.1 Å². The molecular weight excluding hydrogens is 357 g/mol. The second-order valence-corrected chi connectivity index (χ2v) is 6.56. The van der Waals surface area contributed by atoms with Crippen LogP contribution < -0.4 is 11.5 Å². The highest BCUT2D eigenvalue weighted by Gasteiger charge is 2.28. The SMILES string of the molecule is Cc1ccc(Cl)cc1C1CC(=NN=C(N)N)c2c(C)ccnc2C1.Cl. The standard InChI is InChI=1S/C18H20ClN5.ClH/c1-10-3-4-13(19)9-14(10)12-7-15-17(11(2)5-6-22-15)16(8-12)23-24-18(20)21;/h3-6,9,12H,7-8H2,1-2H3,(H4,20,21,24);1H. The summed E-state index contributed by atoms with van der Waals surface area (Å²) in [6.07, 6.45) is 3.43. The van der Waals surface area contributed by atoms with Crippen molar-refractivity contribution in [3.8, 4) is 0 Å². The highest BCUT2D eigenvalue weighted by Crippen LogP contribution is 2.35. The molecule has 1 heterocycles. The van der Waals surface area contributed by atoms with Crippen molar-refractivity contribution in [1.82, 2.24) is 4.98 Å². The Labute approximate surface area is 158 Å². The van der Waals surface area contributed by atoms with E-state index in [1.54, 1.807) is 0 Å². The number of pyridine rings is 1. The summed E-state index contributed by atoms with van der Waals surface area (Å²) in [5, 5.41) is 8.89. The zero-order valence-electron chi connectivity index (χ0n) is 14.2. The summed E-state index contributed by atoms with van der Waals surface area (Å²) in [6, 6.07) is 7.97. The Hall–Kier alpha value is -2.11. The minimum absolute atomic E-state index is 0. The molecule has 1 aromatic carbocycles. The van der Waals surface area contributed by atoms with Crippen LogP contribution in [0.1, 0.15) is 40.3 Å². The van der Waals surface area contributed by atoms with Crippen molar-refractivity contribution in [2.24, 2.45) is 21.7 Å². The molecule has 0 spiro atoms. The van der Waals surface area contributed by atoms with E-state index in [-0.39, 0.29) is 24.3 Å². The topological polar surface area (TPSA) is 89.6 Å². The number of aromatic nitrogens is 1. The van der Waals surface area contributed by atoms with Crippen molar-refractivity contribution in [2.45, 2.75) is 32.6 Å². The van der Waals surface area contributed by atoms with E-state index < -0.39 is 0 Å². The van der Waals surface area contributed by atoms with Gasteiger partial charge in [-0.05, 0) is 67.5 Å². The molecule has 0 saturated carbocycles. The van der Waals surface area contributed by atoms with Crippen molar-refractivity contribution >= 4 is 35.7 Å². The second kappa shape index (κ2) is 7.85. The molecule has 7 heteroatoms. The second-order valence-electron chi connectivity index (χ2n) is 6.13. The number of halogens is 2. The zero-order chi connectivity index (χ0) is 17.3. The number of aryl methyl sites for hydroxylation is 2. The number of guanidine groups is 1. The first-order valence-corrected chi connectivity index (χ1v) is 8.20. The molecule has 1 aliphatic carbocycles. The van der Waals surface area contributed by atoms with Crippen LogP contribution in [0.3, 0.4) is 0 Å². The maximum atomic E-state index is 6.20. The fourth-order valence-electron chi connectivity index (χ4n) is 3.28. The van der Waals surface area contributed by atoms with Gasteiger partial charge in [-0.1, -0.05) is 17.7 Å². The average Bonchev–Trinajstić information content (AvgIpc) is 2.54. The van der Waals surface area contributed by atoms with E-state index in [2.05, 4.69) is 29.0 Å². The maximum Gasteiger partial charge on any atom is 0.211 e.